The summed E-state index contributed by atoms with van der Waals surface area (Å²) in [5.74, 6) is 0.992. The van der Waals surface area contributed by atoms with Crippen LogP contribution in [0.3, 0.4) is 0 Å². The number of amides is 1. The third-order valence-electron chi connectivity index (χ3n) is 3.82. The van der Waals surface area contributed by atoms with E-state index in [4.69, 9.17) is 20.5 Å². The Morgan fingerprint density at radius 1 is 1.28 bits per heavy atom. The predicted molar refractivity (Wildman–Crippen MR) is 94.4 cm³/mol. The molecule has 2 aromatic heterocycles. The lowest BCUT2D eigenvalue weighted by molar-refractivity contribution is 0.0930. The average molecular weight is 360 g/mol. The van der Waals surface area contributed by atoms with E-state index in [-0.39, 0.29) is 17.6 Å². The minimum Gasteiger partial charge on any atom is -0.468 e. The Morgan fingerprint density at radius 3 is 2.68 bits per heavy atom. The topological polar surface area (TPSA) is 71.5 Å². The summed E-state index contributed by atoms with van der Waals surface area (Å²) < 4.78 is 10.7. The quantitative estimate of drug-likeness (QED) is 0.727. The number of benzene rings is 1. The Balaban J connectivity index is 1.66. The summed E-state index contributed by atoms with van der Waals surface area (Å²) in [6.45, 7) is 0.391. The molecular formula is C18H18ClN3O3. The second-order valence-electron chi connectivity index (χ2n) is 5.79. The Morgan fingerprint density at radius 2 is 2.04 bits per heavy atom. The number of nitrogens with one attached hydrogen (secondary N) is 1. The third-order valence-corrected chi connectivity index (χ3v) is 4.07. The molecule has 2 heterocycles. The van der Waals surface area contributed by atoms with Crippen molar-refractivity contribution in [2.45, 2.75) is 6.04 Å². The molecule has 7 heteroatoms. The Bertz CT molecular complexity index is 826. The van der Waals surface area contributed by atoms with Crippen molar-refractivity contribution in [3.8, 4) is 11.3 Å². The SMILES string of the molecule is CN(C)C(CNC(=O)c1cc(-c2ccc(Cl)cc2)on1)c1ccco1. The van der Waals surface area contributed by atoms with Gasteiger partial charge >= 0.3 is 0 Å². The van der Waals surface area contributed by atoms with Gasteiger partial charge in [0.1, 0.15) is 5.76 Å². The van der Waals surface area contributed by atoms with Crippen LogP contribution in [0.5, 0.6) is 0 Å². The molecule has 3 rings (SSSR count). The van der Waals surface area contributed by atoms with Crippen LogP contribution in [0, 0.1) is 0 Å². The molecule has 0 radical (unpaired) electrons. The van der Waals surface area contributed by atoms with Crippen LogP contribution in [0.2, 0.25) is 5.02 Å². The van der Waals surface area contributed by atoms with Crippen LogP contribution in [0.25, 0.3) is 11.3 Å². The smallest absolute Gasteiger partial charge is 0.273 e. The molecule has 0 aliphatic heterocycles. The fourth-order valence-corrected chi connectivity index (χ4v) is 2.56. The first-order chi connectivity index (χ1) is 12.0. The summed E-state index contributed by atoms with van der Waals surface area (Å²) in [7, 11) is 3.85. The number of likely N-dealkylation sites (N-methyl/N-ethyl adjacent to an activating group) is 1. The number of carbonyl (C=O) groups excluding carboxylic acids is 1. The minimum absolute atomic E-state index is 0.0680. The lowest BCUT2D eigenvalue weighted by Crippen LogP contribution is -2.34. The summed E-state index contributed by atoms with van der Waals surface area (Å²) in [6, 6.07) is 12.4. The van der Waals surface area contributed by atoms with Crippen LogP contribution < -0.4 is 5.32 Å². The number of hydrogen-bond acceptors (Lipinski definition) is 5. The van der Waals surface area contributed by atoms with Gasteiger partial charge in [-0.1, -0.05) is 16.8 Å². The maximum absolute atomic E-state index is 12.3. The molecule has 0 aliphatic carbocycles. The van der Waals surface area contributed by atoms with Crippen LogP contribution in [0.1, 0.15) is 22.3 Å². The van der Waals surface area contributed by atoms with Gasteiger partial charge in [-0.15, -0.1) is 0 Å². The highest BCUT2D eigenvalue weighted by Crippen LogP contribution is 2.22. The number of carbonyl (C=O) groups is 1. The van der Waals surface area contributed by atoms with Crippen LogP contribution in [0.4, 0.5) is 0 Å². The van der Waals surface area contributed by atoms with Gasteiger partial charge in [0.05, 0.1) is 12.3 Å². The van der Waals surface area contributed by atoms with Crippen molar-refractivity contribution in [1.82, 2.24) is 15.4 Å². The number of halogens is 1. The second-order valence-corrected chi connectivity index (χ2v) is 6.22. The summed E-state index contributed by atoms with van der Waals surface area (Å²) in [5, 5.41) is 7.33. The molecule has 1 aromatic carbocycles. The zero-order valence-electron chi connectivity index (χ0n) is 13.9. The zero-order valence-corrected chi connectivity index (χ0v) is 14.7. The maximum atomic E-state index is 12.3. The standard InChI is InChI=1S/C18H18ClN3O3/c1-22(2)15(16-4-3-9-24-16)11-20-18(23)14-10-17(25-21-14)12-5-7-13(19)8-6-12/h3-10,15H,11H2,1-2H3,(H,20,23). The van der Waals surface area contributed by atoms with E-state index >= 15 is 0 Å². The molecule has 0 fully saturated rings. The molecule has 1 unspecified atom stereocenters. The van der Waals surface area contributed by atoms with Crippen molar-refractivity contribution in [1.29, 1.82) is 0 Å². The van der Waals surface area contributed by atoms with Crippen molar-refractivity contribution in [3.63, 3.8) is 0 Å². The van der Waals surface area contributed by atoms with Crippen LogP contribution in [-0.4, -0.2) is 36.6 Å². The van der Waals surface area contributed by atoms with E-state index in [0.717, 1.165) is 11.3 Å². The summed E-state index contributed by atoms with van der Waals surface area (Å²) in [5.41, 5.74) is 1.03. The first-order valence-corrected chi connectivity index (χ1v) is 8.13. The molecule has 0 saturated heterocycles. The van der Waals surface area contributed by atoms with Crippen LogP contribution in [0.15, 0.2) is 57.7 Å². The van der Waals surface area contributed by atoms with Crippen molar-refractivity contribution < 1.29 is 13.7 Å². The van der Waals surface area contributed by atoms with E-state index in [9.17, 15) is 4.79 Å². The highest BCUT2D eigenvalue weighted by Gasteiger charge is 2.20. The van der Waals surface area contributed by atoms with Crippen molar-refractivity contribution >= 4 is 17.5 Å². The van der Waals surface area contributed by atoms with Gasteiger partial charge in [0.25, 0.3) is 5.91 Å². The first kappa shape index (κ1) is 17.3. The highest BCUT2D eigenvalue weighted by atomic mass is 35.5. The molecule has 0 spiro atoms. The molecule has 1 amide bonds. The van der Waals surface area contributed by atoms with Gasteiger partial charge in [0.15, 0.2) is 11.5 Å². The Kier molecular flexibility index (Phi) is 5.21. The normalized spacial score (nSPS) is 12.3. The molecule has 0 saturated carbocycles. The van der Waals surface area contributed by atoms with Gasteiger partial charge in [0.2, 0.25) is 0 Å². The molecule has 130 valence electrons. The van der Waals surface area contributed by atoms with E-state index in [1.165, 1.54) is 0 Å². The monoisotopic (exact) mass is 359 g/mol. The van der Waals surface area contributed by atoms with Gasteiger partial charge in [-0.3, -0.25) is 9.69 Å². The molecule has 0 bridgehead atoms. The number of hydrogen-bond donors (Lipinski definition) is 1. The highest BCUT2D eigenvalue weighted by molar-refractivity contribution is 6.30. The molecule has 0 aliphatic rings. The summed E-state index contributed by atoms with van der Waals surface area (Å²) in [6.07, 6.45) is 1.61. The van der Waals surface area contributed by atoms with Crippen molar-refractivity contribution in [2.24, 2.45) is 0 Å². The van der Waals surface area contributed by atoms with Crippen molar-refractivity contribution in [2.75, 3.05) is 20.6 Å². The van der Waals surface area contributed by atoms with E-state index in [2.05, 4.69) is 10.5 Å². The predicted octanol–water partition coefficient (Wildman–Crippen LogP) is 3.62. The number of aromatic nitrogens is 1. The van der Waals surface area contributed by atoms with Gasteiger partial charge in [0, 0.05) is 23.2 Å². The Labute approximate surface area is 150 Å². The van der Waals surface area contributed by atoms with E-state index in [1.807, 2.05) is 43.3 Å². The largest absolute Gasteiger partial charge is 0.468 e. The number of rotatable bonds is 6. The summed E-state index contributed by atoms with van der Waals surface area (Å²) >= 11 is 5.87. The zero-order chi connectivity index (χ0) is 17.8. The average Bonchev–Trinajstić information content (AvgIpc) is 3.27. The van der Waals surface area contributed by atoms with Crippen molar-refractivity contribution in [3.05, 3.63) is 65.2 Å². The molecule has 3 aromatic rings. The van der Waals surface area contributed by atoms with E-state index in [1.54, 1.807) is 24.5 Å². The fourth-order valence-electron chi connectivity index (χ4n) is 2.43. The fraction of sp³-hybridized carbons (Fsp3) is 0.222. The minimum atomic E-state index is -0.303. The number of furan rings is 1. The molecular weight excluding hydrogens is 342 g/mol. The van der Waals surface area contributed by atoms with Crippen LogP contribution >= 0.6 is 11.6 Å². The number of nitrogens with zero attached hydrogens (tertiary/aromatic N) is 2. The first-order valence-electron chi connectivity index (χ1n) is 7.75. The molecule has 1 N–H and O–H groups in total. The molecule has 1 atom stereocenters. The Hall–Kier alpha value is -2.57. The van der Waals surface area contributed by atoms with E-state index < -0.39 is 0 Å². The van der Waals surface area contributed by atoms with Gasteiger partial charge in [-0.05, 0) is 50.5 Å². The lowest BCUT2D eigenvalue weighted by atomic mass is 10.1. The molecule has 6 nitrogen and oxygen atoms in total. The van der Waals surface area contributed by atoms with Gasteiger partial charge in [-0.25, -0.2) is 0 Å². The van der Waals surface area contributed by atoms with Gasteiger partial charge in [-0.2, -0.15) is 0 Å². The summed E-state index contributed by atoms with van der Waals surface area (Å²) in [4.78, 5) is 14.3. The molecule has 25 heavy (non-hydrogen) atoms. The van der Waals surface area contributed by atoms with Gasteiger partial charge < -0.3 is 14.3 Å². The second kappa shape index (κ2) is 7.55. The lowest BCUT2D eigenvalue weighted by Gasteiger charge is -2.22. The van der Waals surface area contributed by atoms with Crippen LogP contribution in [-0.2, 0) is 0 Å². The van der Waals surface area contributed by atoms with E-state index in [0.29, 0.717) is 17.3 Å². The maximum Gasteiger partial charge on any atom is 0.273 e. The third kappa shape index (κ3) is 4.10.